The maximum Gasteiger partial charge on any atom is 0.262 e. The summed E-state index contributed by atoms with van der Waals surface area (Å²) in [5.41, 5.74) is 0.463. The first-order chi connectivity index (χ1) is 14.3. The number of halogens is 1. The summed E-state index contributed by atoms with van der Waals surface area (Å²) in [7, 11) is -0.555. The number of hydrogen-bond acceptors (Lipinski definition) is 6. The molecule has 0 radical (unpaired) electrons. The van der Waals surface area contributed by atoms with Crippen molar-refractivity contribution >= 4 is 33.2 Å². The van der Waals surface area contributed by atoms with Crippen molar-refractivity contribution in [3.8, 4) is 17.2 Å². The predicted octanol–water partition coefficient (Wildman–Crippen LogP) is 3.16. The number of nitrogens with zero attached hydrogens (tertiary/aromatic N) is 1. The van der Waals surface area contributed by atoms with Gasteiger partial charge >= 0.3 is 0 Å². The summed E-state index contributed by atoms with van der Waals surface area (Å²) in [5, 5.41) is 2.80. The lowest BCUT2D eigenvalue weighted by Crippen LogP contribution is -2.27. The number of amides is 1. The van der Waals surface area contributed by atoms with Crippen LogP contribution >= 0.6 is 11.6 Å². The fourth-order valence-electron chi connectivity index (χ4n) is 3.07. The van der Waals surface area contributed by atoms with Gasteiger partial charge in [-0.2, -0.15) is 4.31 Å². The molecule has 8 nitrogen and oxygen atoms in total. The Hall–Kier alpha value is -2.49. The summed E-state index contributed by atoms with van der Waals surface area (Å²) in [6.45, 7) is 0.702. The molecule has 2 aromatic carbocycles. The van der Waals surface area contributed by atoms with Gasteiger partial charge in [-0.1, -0.05) is 11.6 Å². The van der Waals surface area contributed by atoms with E-state index in [1.807, 2.05) is 0 Å². The molecule has 0 bridgehead atoms. The zero-order chi connectivity index (χ0) is 21.7. The number of carbonyl (C=O) groups is 1. The van der Waals surface area contributed by atoms with Crippen LogP contribution in [0, 0.1) is 0 Å². The van der Waals surface area contributed by atoms with Gasteiger partial charge in [-0.25, -0.2) is 8.42 Å². The largest absolute Gasteiger partial charge is 0.497 e. The van der Waals surface area contributed by atoms with Crippen molar-refractivity contribution in [2.24, 2.45) is 0 Å². The summed E-state index contributed by atoms with van der Waals surface area (Å²) < 4.78 is 42.5. The van der Waals surface area contributed by atoms with Crippen LogP contribution in [-0.4, -0.2) is 52.5 Å². The van der Waals surface area contributed by atoms with Gasteiger partial charge in [0, 0.05) is 19.2 Å². The smallest absolute Gasteiger partial charge is 0.262 e. The zero-order valence-electron chi connectivity index (χ0n) is 16.7. The van der Waals surface area contributed by atoms with Crippen LogP contribution < -0.4 is 19.5 Å². The van der Waals surface area contributed by atoms with Gasteiger partial charge in [0.1, 0.15) is 17.2 Å². The van der Waals surface area contributed by atoms with Crippen LogP contribution in [0.2, 0.25) is 5.02 Å². The molecule has 1 N–H and O–H groups in total. The van der Waals surface area contributed by atoms with E-state index in [1.165, 1.54) is 36.7 Å². The highest BCUT2D eigenvalue weighted by molar-refractivity contribution is 7.89. The van der Waals surface area contributed by atoms with Crippen molar-refractivity contribution in [3.63, 3.8) is 0 Å². The molecule has 0 spiro atoms. The molecule has 162 valence electrons. The van der Waals surface area contributed by atoms with Crippen LogP contribution in [0.5, 0.6) is 17.2 Å². The van der Waals surface area contributed by atoms with Crippen LogP contribution in [0.1, 0.15) is 12.8 Å². The van der Waals surface area contributed by atoms with E-state index in [4.69, 9.17) is 25.8 Å². The molecule has 1 aliphatic rings. The Labute approximate surface area is 180 Å². The third-order valence-corrected chi connectivity index (χ3v) is 6.84. The number of methoxy groups -OCH3 is 2. The maximum atomic E-state index is 12.6. The Balaban J connectivity index is 1.64. The van der Waals surface area contributed by atoms with Gasteiger partial charge in [-0.05, 0) is 43.2 Å². The summed E-state index contributed by atoms with van der Waals surface area (Å²) >= 11 is 6.19. The molecule has 1 heterocycles. The van der Waals surface area contributed by atoms with Crippen molar-refractivity contribution in [3.05, 3.63) is 41.4 Å². The van der Waals surface area contributed by atoms with E-state index in [1.54, 1.807) is 18.2 Å². The number of anilines is 1. The Morgan fingerprint density at radius 1 is 1.07 bits per heavy atom. The van der Waals surface area contributed by atoms with Gasteiger partial charge in [0.2, 0.25) is 10.0 Å². The van der Waals surface area contributed by atoms with Gasteiger partial charge in [-0.15, -0.1) is 0 Å². The molecule has 1 saturated heterocycles. The van der Waals surface area contributed by atoms with Gasteiger partial charge in [0.25, 0.3) is 5.91 Å². The number of sulfonamides is 1. The van der Waals surface area contributed by atoms with E-state index in [-0.39, 0.29) is 22.3 Å². The second-order valence-corrected chi connectivity index (χ2v) is 8.95. The van der Waals surface area contributed by atoms with Crippen LogP contribution in [-0.2, 0) is 14.8 Å². The third kappa shape index (κ3) is 4.97. The second kappa shape index (κ2) is 9.55. The number of carbonyl (C=O) groups excluding carboxylic acids is 1. The minimum atomic E-state index is -3.57. The molecule has 10 heteroatoms. The van der Waals surface area contributed by atoms with Gasteiger partial charge < -0.3 is 19.5 Å². The highest BCUT2D eigenvalue weighted by atomic mass is 35.5. The van der Waals surface area contributed by atoms with Gasteiger partial charge in [-0.3, -0.25) is 4.79 Å². The Bertz CT molecular complexity index is 1020. The highest BCUT2D eigenvalue weighted by Gasteiger charge is 2.27. The van der Waals surface area contributed by atoms with E-state index in [0.717, 1.165) is 12.8 Å². The summed E-state index contributed by atoms with van der Waals surface area (Å²) in [6.07, 6.45) is 1.70. The fraction of sp³-hybridized carbons (Fsp3) is 0.350. The molecule has 1 aliphatic heterocycles. The molecule has 0 saturated carbocycles. The summed E-state index contributed by atoms with van der Waals surface area (Å²) in [6, 6.07) is 9.21. The molecule has 2 aromatic rings. The monoisotopic (exact) mass is 454 g/mol. The van der Waals surface area contributed by atoms with Crippen molar-refractivity contribution in [2.75, 3.05) is 39.2 Å². The van der Waals surface area contributed by atoms with Crippen molar-refractivity contribution in [1.29, 1.82) is 0 Å². The first kappa shape index (κ1) is 22.2. The lowest BCUT2D eigenvalue weighted by atomic mass is 10.2. The normalized spacial score (nSPS) is 14.4. The average Bonchev–Trinajstić information content (AvgIpc) is 3.29. The number of rotatable bonds is 8. The molecular formula is C20H23ClN2O6S. The second-order valence-electron chi connectivity index (χ2n) is 6.61. The summed E-state index contributed by atoms with van der Waals surface area (Å²) in [4.78, 5) is 12.4. The van der Waals surface area contributed by atoms with Crippen LogP contribution in [0.25, 0.3) is 0 Å². The zero-order valence-corrected chi connectivity index (χ0v) is 18.3. The van der Waals surface area contributed by atoms with Crippen LogP contribution in [0.15, 0.2) is 41.3 Å². The Kier molecular flexibility index (Phi) is 7.06. The van der Waals surface area contributed by atoms with Crippen molar-refractivity contribution in [2.45, 2.75) is 17.7 Å². The molecule has 0 unspecified atom stereocenters. The molecular weight excluding hydrogens is 432 g/mol. The van der Waals surface area contributed by atoms with Crippen LogP contribution in [0.4, 0.5) is 5.69 Å². The van der Waals surface area contributed by atoms with E-state index in [0.29, 0.717) is 30.3 Å². The molecule has 3 rings (SSSR count). The number of hydrogen-bond donors (Lipinski definition) is 1. The molecule has 0 aliphatic carbocycles. The van der Waals surface area contributed by atoms with E-state index < -0.39 is 15.9 Å². The van der Waals surface area contributed by atoms with Gasteiger partial charge in [0.15, 0.2) is 6.61 Å². The number of benzene rings is 2. The van der Waals surface area contributed by atoms with E-state index in [9.17, 15) is 13.2 Å². The third-order valence-electron chi connectivity index (χ3n) is 4.65. The minimum Gasteiger partial charge on any atom is -0.497 e. The van der Waals surface area contributed by atoms with Crippen LogP contribution in [0.3, 0.4) is 0 Å². The Morgan fingerprint density at radius 3 is 2.43 bits per heavy atom. The van der Waals surface area contributed by atoms with Gasteiger partial charge in [0.05, 0.1) is 29.8 Å². The van der Waals surface area contributed by atoms with E-state index in [2.05, 4.69) is 5.32 Å². The maximum absolute atomic E-state index is 12.6. The SMILES string of the molecule is COc1ccc(NC(=O)COc2ccc(S(=O)(=O)N3CCCC3)cc2Cl)c(OC)c1. The molecule has 0 aromatic heterocycles. The molecule has 30 heavy (non-hydrogen) atoms. The summed E-state index contributed by atoms with van der Waals surface area (Å²) in [5.74, 6) is 0.825. The van der Waals surface area contributed by atoms with Crippen molar-refractivity contribution < 1.29 is 27.4 Å². The number of ether oxygens (including phenoxy) is 3. The lowest BCUT2D eigenvalue weighted by molar-refractivity contribution is -0.118. The van der Waals surface area contributed by atoms with Crippen molar-refractivity contribution in [1.82, 2.24) is 4.31 Å². The number of nitrogens with one attached hydrogen (secondary N) is 1. The Morgan fingerprint density at radius 2 is 1.80 bits per heavy atom. The highest BCUT2D eigenvalue weighted by Crippen LogP contribution is 2.31. The van der Waals surface area contributed by atoms with E-state index >= 15 is 0 Å². The average molecular weight is 455 g/mol. The quantitative estimate of drug-likeness (QED) is 0.658. The predicted molar refractivity (Wildman–Crippen MR) is 113 cm³/mol. The standard InChI is InChI=1S/C20H23ClN2O6S/c1-27-14-5-7-17(19(11-14)28-2)22-20(24)13-29-18-8-6-15(12-16(18)21)30(25,26)23-9-3-4-10-23/h5-8,11-12H,3-4,9-10,13H2,1-2H3,(H,22,24). The topological polar surface area (TPSA) is 94.2 Å². The first-order valence-corrected chi connectivity index (χ1v) is 11.1. The minimum absolute atomic E-state index is 0.106. The first-order valence-electron chi connectivity index (χ1n) is 9.29. The fourth-order valence-corrected chi connectivity index (χ4v) is 4.91. The molecule has 0 atom stereocenters. The lowest BCUT2D eigenvalue weighted by Gasteiger charge is -2.16. The molecule has 1 amide bonds. The molecule has 1 fully saturated rings.